The normalized spacial score (nSPS) is 11.2. The summed E-state index contributed by atoms with van der Waals surface area (Å²) in [5.74, 6) is 5.26. The zero-order valence-corrected chi connectivity index (χ0v) is 10.9. The topological polar surface area (TPSA) is 26.3 Å². The summed E-state index contributed by atoms with van der Waals surface area (Å²) in [6.45, 7) is 3.67. The fourth-order valence-electron chi connectivity index (χ4n) is 1.19. The summed E-state index contributed by atoms with van der Waals surface area (Å²) in [5, 5.41) is 0. The lowest BCUT2D eigenvalue weighted by Crippen LogP contribution is -2.15. The monoisotopic (exact) mass is 280 g/mol. The van der Waals surface area contributed by atoms with Gasteiger partial charge in [-0.1, -0.05) is 34.8 Å². The molecular formula is C13H13BrO2. The van der Waals surface area contributed by atoms with E-state index in [1.165, 1.54) is 0 Å². The molecule has 0 radical (unpaired) electrons. The standard InChI is InChI=1S/C13H13BrO2/c1-3-6-12(4-2)16-13(15)10-7-5-8-11(14)9-10/h5,7-9,12H,4H2,1-2H3. The molecule has 1 atom stereocenters. The lowest BCUT2D eigenvalue weighted by Gasteiger charge is -2.10. The van der Waals surface area contributed by atoms with E-state index in [2.05, 4.69) is 27.8 Å². The van der Waals surface area contributed by atoms with Crippen LogP contribution in [0.5, 0.6) is 0 Å². The minimum absolute atomic E-state index is 0.323. The van der Waals surface area contributed by atoms with Gasteiger partial charge in [-0.05, 0) is 31.5 Å². The molecule has 0 aliphatic rings. The summed E-state index contributed by atoms with van der Waals surface area (Å²) in [7, 11) is 0. The maximum Gasteiger partial charge on any atom is 0.339 e. The second-order valence-corrected chi connectivity index (χ2v) is 4.12. The Morgan fingerprint density at radius 3 is 2.88 bits per heavy atom. The van der Waals surface area contributed by atoms with Crippen molar-refractivity contribution in [1.29, 1.82) is 0 Å². The molecule has 0 bridgehead atoms. The van der Waals surface area contributed by atoms with Crippen LogP contribution in [0.4, 0.5) is 0 Å². The third-order valence-electron chi connectivity index (χ3n) is 1.99. The first-order valence-corrected chi connectivity index (χ1v) is 5.85. The molecule has 0 N–H and O–H groups in total. The Bertz CT molecular complexity index is 429. The van der Waals surface area contributed by atoms with Crippen molar-refractivity contribution >= 4 is 21.9 Å². The fourth-order valence-corrected chi connectivity index (χ4v) is 1.59. The van der Waals surface area contributed by atoms with Gasteiger partial charge in [-0.25, -0.2) is 4.79 Å². The first-order chi connectivity index (χ1) is 7.67. The molecule has 0 fully saturated rings. The van der Waals surface area contributed by atoms with E-state index in [-0.39, 0.29) is 12.1 Å². The molecule has 0 heterocycles. The lowest BCUT2D eigenvalue weighted by molar-refractivity contribution is 0.0404. The summed E-state index contributed by atoms with van der Waals surface area (Å²) in [6, 6.07) is 7.11. The number of carbonyl (C=O) groups excluding carboxylic acids is 1. The number of ether oxygens (including phenoxy) is 1. The number of rotatable bonds is 3. The van der Waals surface area contributed by atoms with Gasteiger partial charge >= 0.3 is 5.97 Å². The highest BCUT2D eigenvalue weighted by atomic mass is 79.9. The van der Waals surface area contributed by atoms with Crippen molar-refractivity contribution in [2.45, 2.75) is 26.4 Å². The van der Waals surface area contributed by atoms with E-state index in [9.17, 15) is 4.79 Å². The summed E-state index contributed by atoms with van der Waals surface area (Å²) >= 11 is 3.31. The predicted octanol–water partition coefficient (Wildman–Crippen LogP) is 3.41. The van der Waals surface area contributed by atoms with Crippen molar-refractivity contribution in [2.75, 3.05) is 0 Å². The average Bonchev–Trinajstić information content (AvgIpc) is 2.28. The van der Waals surface area contributed by atoms with E-state index in [0.717, 1.165) is 4.47 Å². The molecule has 1 aromatic carbocycles. The Kier molecular flexibility index (Phi) is 5.07. The van der Waals surface area contributed by atoms with Gasteiger partial charge in [0.1, 0.15) is 0 Å². The highest BCUT2D eigenvalue weighted by Crippen LogP contribution is 2.13. The van der Waals surface area contributed by atoms with Gasteiger partial charge in [0.2, 0.25) is 0 Å². The van der Waals surface area contributed by atoms with Crippen LogP contribution in [0.15, 0.2) is 28.7 Å². The molecule has 1 aromatic rings. The van der Waals surface area contributed by atoms with Crippen LogP contribution in [0.25, 0.3) is 0 Å². The molecule has 0 spiro atoms. The van der Waals surface area contributed by atoms with Crippen LogP contribution in [0.3, 0.4) is 0 Å². The van der Waals surface area contributed by atoms with Crippen molar-refractivity contribution in [2.24, 2.45) is 0 Å². The number of hydrogen-bond donors (Lipinski definition) is 0. The molecule has 1 unspecified atom stereocenters. The Balaban J connectivity index is 2.74. The molecule has 3 heteroatoms. The van der Waals surface area contributed by atoms with Gasteiger partial charge in [-0.2, -0.15) is 0 Å². The van der Waals surface area contributed by atoms with Crippen LogP contribution in [0.2, 0.25) is 0 Å². The zero-order chi connectivity index (χ0) is 12.0. The van der Waals surface area contributed by atoms with Crippen LogP contribution in [-0.4, -0.2) is 12.1 Å². The second-order valence-electron chi connectivity index (χ2n) is 3.21. The van der Waals surface area contributed by atoms with Gasteiger partial charge in [0.05, 0.1) is 5.56 Å². The van der Waals surface area contributed by atoms with Crippen molar-refractivity contribution < 1.29 is 9.53 Å². The molecule has 0 aliphatic heterocycles. The molecule has 0 saturated heterocycles. The third kappa shape index (κ3) is 3.71. The third-order valence-corrected chi connectivity index (χ3v) is 2.48. The first kappa shape index (κ1) is 12.8. The van der Waals surface area contributed by atoms with Crippen LogP contribution in [-0.2, 0) is 4.74 Å². The Morgan fingerprint density at radius 1 is 1.56 bits per heavy atom. The molecule has 16 heavy (non-hydrogen) atoms. The van der Waals surface area contributed by atoms with E-state index >= 15 is 0 Å². The van der Waals surface area contributed by atoms with Gasteiger partial charge in [0.25, 0.3) is 0 Å². The lowest BCUT2D eigenvalue weighted by atomic mass is 10.2. The van der Waals surface area contributed by atoms with Crippen molar-refractivity contribution in [3.63, 3.8) is 0 Å². The summed E-state index contributed by atoms with van der Waals surface area (Å²) in [5.41, 5.74) is 0.533. The van der Waals surface area contributed by atoms with E-state index < -0.39 is 0 Å². The smallest absolute Gasteiger partial charge is 0.339 e. The van der Waals surface area contributed by atoms with Crippen LogP contribution >= 0.6 is 15.9 Å². The van der Waals surface area contributed by atoms with Gasteiger partial charge < -0.3 is 4.74 Å². The van der Waals surface area contributed by atoms with E-state index in [4.69, 9.17) is 4.74 Å². The number of benzene rings is 1. The van der Waals surface area contributed by atoms with E-state index in [1.807, 2.05) is 13.0 Å². The maximum absolute atomic E-state index is 11.7. The maximum atomic E-state index is 11.7. The minimum Gasteiger partial charge on any atom is -0.446 e. The molecule has 2 nitrogen and oxygen atoms in total. The molecule has 0 saturated carbocycles. The van der Waals surface area contributed by atoms with E-state index in [1.54, 1.807) is 25.1 Å². The molecular weight excluding hydrogens is 268 g/mol. The largest absolute Gasteiger partial charge is 0.446 e. The van der Waals surface area contributed by atoms with E-state index in [0.29, 0.717) is 12.0 Å². The Hall–Kier alpha value is -1.27. The van der Waals surface area contributed by atoms with Crippen molar-refractivity contribution in [1.82, 2.24) is 0 Å². The first-order valence-electron chi connectivity index (χ1n) is 5.06. The van der Waals surface area contributed by atoms with Crippen LogP contribution < -0.4 is 0 Å². The average molecular weight is 281 g/mol. The van der Waals surface area contributed by atoms with Crippen LogP contribution in [0, 0.1) is 11.8 Å². The SMILES string of the molecule is CC#CC(CC)OC(=O)c1cccc(Br)c1. The Labute approximate surface area is 104 Å². The number of esters is 1. The van der Waals surface area contributed by atoms with Crippen molar-refractivity contribution in [3.05, 3.63) is 34.3 Å². The second kappa shape index (κ2) is 6.34. The highest BCUT2D eigenvalue weighted by molar-refractivity contribution is 9.10. The van der Waals surface area contributed by atoms with Gasteiger partial charge in [0.15, 0.2) is 6.10 Å². The number of hydrogen-bond acceptors (Lipinski definition) is 2. The van der Waals surface area contributed by atoms with Gasteiger partial charge in [-0.15, -0.1) is 5.92 Å². The summed E-state index contributed by atoms with van der Waals surface area (Å²) in [6.07, 6.45) is 0.372. The molecule has 0 amide bonds. The molecule has 1 rings (SSSR count). The van der Waals surface area contributed by atoms with Gasteiger partial charge in [0, 0.05) is 4.47 Å². The fraction of sp³-hybridized carbons (Fsp3) is 0.308. The van der Waals surface area contributed by atoms with Gasteiger partial charge in [-0.3, -0.25) is 0 Å². The minimum atomic E-state index is -0.337. The number of carbonyl (C=O) groups is 1. The summed E-state index contributed by atoms with van der Waals surface area (Å²) in [4.78, 5) is 11.7. The highest BCUT2D eigenvalue weighted by Gasteiger charge is 2.12. The van der Waals surface area contributed by atoms with Crippen molar-refractivity contribution in [3.8, 4) is 11.8 Å². The predicted molar refractivity (Wildman–Crippen MR) is 67.1 cm³/mol. The Morgan fingerprint density at radius 2 is 2.31 bits per heavy atom. The molecule has 0 aromatic heterocycles. The molecule has 0 aliphatic carbocycles. The summed E-state index contributed by atoms with van der Waals surface area (Å²) < 4.78 is 6.11. The molecule has 84 valence electrons. The zero-order valence-electron chi connectivity index (χ0n) is 9.29. The number of halogens is 1. The van der Waals surface area contributed by atoms with Crippen LogP contribution in [0.1, 0.15) is 30.6 Å². The quantitative estimate of drug-likeness (QED) is 0.627.